The van der Waals surface area contributed by atoms with Crippen molar-refractivity contribution in [1.82, 2.24) is 9.80 Å². The van der Waals surface area contributed by atoms with Gasteiger partial charge in [-0.2, -0.15) is 13.2 Å². The normalized spacial score (nSPS) is 23.2. The van der Waals surface area contributed by atoms with Gasteiger partial charge in [-0.05, 0) is 61.2 Å². The SMILES string of the molecule is COc1ccc(CN2CC(CN3CCCCC3)C(c3cccc(C(F)(F)F)c3)C2)cc1. The van der Waals surface area contributed by atoms with Gasteiger partial charge in [0, 0.05) is 32.1 Å². The summed E-state index contributed by atoms with van der Waals surface area (Å²) < 4.78 is 45.2. The highest BCUT2D eigenvalue weighted by Crippen LogP contribution is 2.37. The molecule has 2 aliphatic heterocycles. The molecule has 0 aromatic heterocycles. The Morgan fingerprint density at radius 1 is 0.935 bits per heavy atom. The third-order valence-corrected chi connectivity index (χ3v) is 6.67. The van der Waals surface area contributed by atoms with E-state index in [2.05, 4.69) is 21.9 Å². The highest BCUT2D eigenvalue weighted by atomic mass is 19.4. The van der Waals surface area contributed by atoms with Crippen LogP contribution in [0.1, 0.15) is 41.9 Å². The van der Waals surface area contributed by atoms with E-state index < -0.39 is 11.7 Å². The monoisotopic (exact) mass is 432 g/mol. The number of piperidine rings is 1. The number of likely N-dealkylation sites (tertiary alicyclic amines) is 2. The lowest BCUT2D eigenvalue weighted by Gasteiger charge is -2.31. The summed E-state index contributed by atoms with van der Waals surface area (Å²) in [5.41, 5.74) is 1.46. The lowest BCUT2D eigenvalue weighted by molar-refractivity contribution is -0.137. The maximum atomic E-state index is 13.3. The Hall–Kier alpha value is -2.05. The Bertz CT molecular complexity index is 847. The van der Waals surface area contributed by atoms with E-state index in [4.69, 9.17) is 4.74 Å². The van der Waals surface area contributed by atoms with Gasteiger partial charge in [0.25, 0.3) is 0 Å². The Morgan fingerprint density at radius 3 is 2.35 bits per heavy atom. The van der Waals surface area contributed by atoms with Crippen molar-refractivity contribution in [1.29, 1.82) is 0 Å². The van der Waals surface area contributed by atoms with Crippen LogP contribution in [0.5, 0.6) is 5.75 Å². The number of ether oxygens (including phenoxy) is 1. The topological polar surface area (TPSA) is 15.7 Å². The maximum Gasteiger partial charge on any atom is 0.416 e. The first kappa shape index (κ1) is 22.2. The van der Waals surface area contributed by atoms with E-state index in [1.54, 1.807) is 13.2 Å². The fourth-order valence-electron chi connectivity index (χ4n) is 5.06. The summed E-state index contributed by atoms with van der Waals surface area (Å²) >= 11 is 0. The summed E-state index contributed by atoms with van der Waals surface area (Å²) in [4.78, 5) is 4.90. The minimum absolute atomic E-state index is 0.113. The zero-order valence-electron chi connectivity index (χ0n) is 18.1. The summed E-state index contributed by atoms with van der Waals surface area (Å²) in [7, 11) is 1.65. The average molecular weight is 433 g/mol. The van der Waals surface area contributed by atoms with Gasteiger partial charge in [-0.3, -0.25) is 4.90 Å². The summed E-state index contributed by atoms with van der Waals surface area (Å²) in [6.07, 6.45) is -0.589. The van der Waals surface area contributed by atoms with Crippen LogP contribution >= 0.6 is 0 Å². The molecule has 2 aromatic carbocycles. The molecule has 2 fully saturated rings. The lowest BCUT2D eigenvalue weighted by Crippen LogP contribution is -2.36. The molecule has 4 rings (SSSR count). The van der Waals surface area contributed by atoms with Crippen LogP contribution in [0.4, 0.5) is 13.2 Å². The third kappa shape index (κ3) is 5.60. The molecule has 2 unspecified atom stereocenters. The summed E-state index contributed by atoms with van der Waals surface area (Å²) in [5.74, 6) is 1.28. The molecule has 0 spiro atoms. The van der Waals surface area contributed by atoms with E-state index in [1.165, 1.54) is 37.0 Å². The summed E-state index contributed by atoms with van der Waals surface area (Å²) in [6, 6.07) is 14.0. The quantitative estimate of drug-likeness (QED) is 0.607. The van der Waals surface area contributed by atoms with Crippen molar-refractivity contribution in [3.8, 4) is 5.75 Å². The van der Waals surface area contributed by atoms with Crippen LogP contribution in [0.2, 0.25) is 0 Å². The van der Waals surface area contributed by atoms with Gasteiger partial charge in [0.05, 0.1) is 12.7 Å². The van der Waals surface area contributed by atoms with Crippen LogP contribution in [0, 0.1) is 5.92 Å². The van der Waals surface area contributed by atoms with E-state index in [0.717, 1.165) is 50.6 Å². The van der Waals surface area contributed by atoms with Gasteiger partial charge in [0.2, 0.25) is 0 Å². The Kier molecular flexibility index (Phi) is 6.87. The number of halogens is 3. The predicted molar refractivity (Wildman–Crippen MR) is 116 cm³/mol. The number of rotatable bonds is 6. The Morgan fingerprint density at radius 2 is 1.68 bits per heavy atom. The van der Waals surface area contributed by atoms with Gasteiger partial charge in [0.1, 0.15) is 5.75 Å². The van der Waals surface area contributed by atoms with Gasteiger partial charge >= 0.3 is 6.18 Å². The molecule has 3 nitrogen and oxygen atoms in total. The van der Waals surface area contributed by atoms with E-state index in [9.17, 15) is 13.2 Å². The van der Waals surface area contributed by atoms with Crippen LogP contribution in [-0.4, -0.2) is 49.6 Å². The van der Waals surface area contributed by atoms with Crippen molar-refractivity contribution >= 4 is 0 Å². The van der Waals surface area contributed by atoms with Gasteiger partial charge in [-0.1, -0.05) is 36.8 Å². The number of hydrogen-bond acceptors (Lipinski definition) is 3. The number of alkyl halides is 3. The van der Waals surface area contributed by atoms with Crippen LogP contribution in [0.15, 0.2) is 48.5 Å². The van der Waals surface area contributed by atoms with Crippen molar-refractivity contribution in [2.45, 2.75) is 37.9 Å². The number of methoxy groups -OCH3 is 1. The second-order valence-electron chi connectivity index (χ2n) is 8.89. The molecule has 2 atom stereocenters. The molecule has 0 N–H and O–H groups in total. The highest BCUT2D eigenvalue weighted by molar-refractivity contribution is 5.31. The van der Waals surface area contributed by atoms with Crippen molar-refractivity contribution in [3.05, 3.63) is 65.2 Å². The van der Waals surface area contributed by atoms with Crippen molar-refractivity contribution in [2.75, 3.05) is 39.8 Å². The Labute approximate surface area is 182 Å². The van der Waals surface area contributed by atoms with E-state index in [0.29, 0.717) is 5.92 Å². The summed E-state index contributed by atoms with van der Waals surface area (Å²) in [6.45, 7) is 5.65. The first-order valence-corrected chi connectivity index (χ1v) is 11.2. The molecular weight excluding hydrogens is 401 g/mol. The smallest absolute Gasteiger partial charge is 0.416 e. The molecule has 2 saturated heterocycles. The van der Waals surface area contributed by atoms with Crippen LogP contribution in [-0.2, 0) is 12.7 Å². The molecule has 2 heterocycles. The number of nitrogens with zero attached hydrogens (tertiary/aromatic N) is 2. The second-order valence-corrected chi connectivity index (χ2v) is 8.89. The molecule has 0 amide bonds. The third-order valence-electron chi connectivity index (χ3n) is 6.67. The molecule has 0 saturated carbocycles. The minimum Gasteiger partial charge on any atom is -0.497 e. The fourth-order valence-corrected chi connectivity index (χ4v) is 5.06. The fraction of sp³-hybridized carbons (Fsp3) is 0.520. The standard InChI is InChI=1S/C25H31F3N2O/c1-31-23-10-8-19(9-11-23)15-30-17-21(16-29-12-3-2-4-13-29)24(18-30)20-6-5-7-22(14-20)25(26,27)28/h5-11,14,21,24H,2-4,12-13,15-18H2,1H3. The van der Waals surface area contributed by atoms with Crippen LogP contribution in [0.3, 0.4) is 0 Å². The van der Waals surface area contributed by atoms with Crippen LogP contribution < -0.4 is 4.74 Å². The second kappa shape index (κ2) is 9.61. The number of hydrogen-bond donors (Lipinski definition) is 0. The first-order valence-electron chi connectivity index (χ1n) is 11.2. The Balaban J connectivity index is 1.52. The molecule has 2 aromatic rings. The first-order chi connectivity index (χ1) is 14.9. The van der Waals surface area contributed by atoms with Gasteiger partial charge < -0.3 is 9.64 Å². The zero-order valence-corrected chi connectivity index (χ0v) is 18.1. The molecule has 6 heteroatoms. The summed E-state index contributed by atoms with van der Waals surface area (Å²) in [5, 5.41) is 0. The predicted octanol–water partition coefficient (Wildman–Crippen LogP) is 5.42. The molecule has 31 heavy (non-hydrogen) atoms. The average Bonchev–Trinajstić information content (AvgIpc) is 3.16. The van der Waals surface area contributed by atoms with Crippen molar-refractivity contribution in [3.63, 3.8) is 0 Å². The lowest BCUT2D eigenvalue weighted by atomic mass is 9.87. The van der Waals surface area contributed by atoms with E-state index >= 15 is 0 Å². The molecule has 0 bridgehead atoms. The zero-order chi connectivity index (χ0) is 21.8. The molecule has 2 aliphatic rings. The highest BCUT2D eigenvalue weighted by Gasteiger charge is 2.37. The molecule has 0 radical (unpaired) electrons. The van der Waals surface area contributed by atoms with Gasteiger partial charge in [0.15, 0.2) is 0 Å². The van der Waals surface area contributed by atoms with Crippen molar-refractivity contribution < 1.29 is 17.9 Å². The molecular formula is C25H31F3N2O. The van der Waals surface area contributed by atoms with Crippen molar-refractivity contribution in [2.24, 2.45) is 5.92 Å². The van der Waals surface area contributed by atoms with Gasteiger partial charge in [-0.15, -0.1) is 0 Å². The van der Waals surface area contributed by atoms with Gasteiger partial charge in [-0.25, -0.2) is 0 Å². The van der Waals surface area contributed by atoms with E-state index in [1.807, 2.05) is 18.2 Å². The minimum atomic E-state index is -4.31. The number of benzene rings is 2. The molecule has 0 aliphatic carbocycles. The van der Waals surface area contributed by atoms with E-state index in [-0.39, 0.29) is 5.92 Å². The largest absolute Gasteiger partial charge is 0.497 e. The maximum absolute atomic E-state index is 13.3. The molecule has 168 valence electrons. The van der Waals surface area contributed by atoms with Crippen LogP contribution in [0.25, 0.3) is 0 Å².